The monoisotopic (exact) mass is 430 g/mol. The van der Waals surface area contributed by atoms with E-state index in [0.29, 0.717) is 32.7 Å². The van der Waals surface area contributed by atoms with E-state index >= 15 is 0 Å². The van der Waals surface area contributed by atoms with E-state index < -0.39 is 16.1 Å². The molecule has 0 amide bonds. The molecule has 1 unspecified atom stereocenters. The van der Waals surface area contributed by atoms with Crippen molar-refractivity contribution >= 4 is 16.1 Å². The summed E-state index contributed by atoms with van der Waals surface area (Å²) in [5, 5.41) is 11.6. The molecule has 2 aromatic rings. The Bertz CT molecular complexity index is 906. The summed E-state index contributed by atoms with van der Waals surface area (Å²) in [6.07, 6.45) is 1.97. The van der Waals surface area contributed by atoms with E-state index in [9.17, 15) is 13.5 Å². The number of ether oxygens (including phenoxy) is 1. The molecule has 0 bridgehead atoms. The van der Waals surface area contributed by atoms with Crippen molar-refractivity contribution in [1.82, 2.24) is 9.21 Å². The van der Waals surface area contributed by atoms with Crippen molar-refractivity contribution in [2.45, 2.75) is 19.4 Å². The van der Waals surface area contributed by atoms with Gasteiger partial charge >= 0.3 is 0 Å². The van der Waals surface area contributed by atoms with Gasteiger partial charge in [-0.15, -0.1) is 0 Å². The molecule has 2 aromatic carbocycles. The lowest BCUT2D eigenvalue weighted by Gasteiger charge is -2.34. The first-order valence-corrected chi connectivity index (χ1v) is 11.8. The summed E-state index contributed by atoms with van der Waals surface area (Å²) in [4.78, 5) is 2.07. The molecule has 1 atom stereocenters. The summed E-state index contributed by atoms with van der Waals surface area (Å²) in [6.45, 7) is 4.76. The highest BCUT2D eigenvalue weighted by atomic mass is 32.2. The van der Waals surface area contributed by atoms with Crippen LogP contribution in [0.3, 0.4) is 0 Å². The standard InChI is InChI=1S/C23H30N2O4S/c1-2-20-8-10-23(11-9-20)29-19-22(26)18-24-13-15-25(16-14-24)30(27,28)17-12-21-6-4-3-5-7-21/h3-12,17,22,26H,2,13-16,18-19H2,1H3/b17-12+. The van der Waals surface area contributed by atoms with Gasteiger partial charge in [0.25, 0.3) is 0 Å². The minimum absolute atomic E-state index is 0.212. The SMILES string of the molecule is CCc1ccc(OCC(O)CN2CCN(S(=O)(=O)/C=C/c3ccccc3)CC2)cc1. The lowest BCUT2D eigenvalue weighted by molar-refractivity contribution is 0.0570. The van der Waals surface area contributed by atoms with Crippen LogP contribution in [0.2, 0.25) is 0 Å². The van der Waals surface area contributed by atoms with Gasteiger partial charge in [0.1, 0.15) is 18.5 Å². The summed E-state index contributed by atoms with van der Waals surface area (Å²) in [5.74, 6) is 0.743. The van der Waals surface area contributed by atoms with Gasteiger partial charge < -0.3 is 9.84 Å². The Morgan fingerprint density at radius 1 is 1.03 bits per heavy atom. The minimum atomic E-state index is -3.45. The maximum Gasteiger partial charge on any atom is 0.236 e. The second-order valence-corrected chi connectivity index (χ2v) is 9.24. The molecule has 1 saturated heterocycles. The van der Waals surface area contributed by atoms with Crippen molar-refractivity contribution in [1.29, 1.82) is 0 Å². The molecule has 7 heteroatoms. The second-order valence-electron chi connectivity index (χ2n) is 7.42. The number of rotatable bonds is 9. The first kappa shape index (κ1) is 22.5. The van der Waals surface area contributed by atoms with Crippen LogP contribution in [0.4, 0.5) is 0 Å². The molecule has 6 nitrogen and oxygen atoms in total. The van der Waals surface area contributed by atoms with Gasteiger partial charge in [-0.05, 0) is 35.8 Å². The number of β-amino-alcohol motifs (C(OH)–C–C–N with tert-alkyl or cyclic N) is 1. The molecule has 1 fully saturated rings. The van der Waals surface area contributed by atoms with Crippen molar-refractivity contribution in [3.05, 3.63) is 71.1 Å². The largest absolute Gasteiger partial charge is 0.491 e. The number of hydrogen-bond donors (Lipinski definition) is 1. The lowest BCUT2D eigenvalue weighted by atomic mass is 10.2. The third-order valence-electron chi connectivity index (χ3n) is 5.17. The third kappa shape index (κ3) is 6.67. The van der Waals surface area contributed by atoms with Crippen LogP contribution in [-0.2, 0) is 16.4 Å². The number of aliphatic hydroxyl groups excluding tert-OH is 1. The van der Waals surface area contributed by atoms with E-state index in [0.717, 1.165) is 17.7 Å². The first-order valence-electron chi connectivity index (χ1n) is 10.3. The van der Waals surface area contributed by atoms with E-state index in [1.54, 1.807) is 6.08 Å². The molecule has 1 aliphatic heterocycles. The quantitative estimate of drug-likeness (QED) is 0.662. The van der Waals surface area contributed by atoms with Crippen LogP contribution >= 0.6 is 0 Å². The van der Waals surface area contributed by atoms with Crippen LogP contribution < -0.4 is 4.74 Å². The molecule has 1 N–H and O–H groups in total. The van der Waals surface area contributed by atoms with E-state index in [1.807, 2.05) is 54.6 Å². The molecule has 0 aromatic heterocycles. The zero-order valence-electron chi connectivity index (χ0n) is 17.4. The molecule has 3 rings (SSSR count). The Hall–Kier alpha value is -2.19. The first-order chi connectivity index (χ1) is 14.5. The molecule has 0 spiro atoms. The second kappa shape index (κ2) is 10.7. The van der Waals surface area contributed by atoms with Crippen LogP contribution in [-0.4, -0.2) is 68.2 Å². The fourth-order valence-electron chi connectivity index (χ4n) is 3.35. The molecule has 1 heterocycles. The zero-order valence-corrected chi connectivity index (χ0v) is 18.2. The fourth-order valence-corrected chi connectivity index (χ4v) is 4.52. The molecule has 0 saturated carbocycles. The molecule has 0 aliphatic carbocycles. The summed E-state index contributed by atoms with van der Waals surface area (Å²) in [5.41, 5.74) is 2.10. The van der Waals surface area contributed by atoms with Gasteiger partial charge in [-0.25, -0.2) is 8.42 Å². The van der Waals surface area contributed by atoms with E-state index in [1.165, 1.54) is 15.3 Å². The predicted octanol–water partition coefficient (Wildman–Crippen LogP) is 2.61. The molecule has 0 radical (unpaired) electrons. The topological polar surface area (TPSA) is 70.1 Å². The Kier molecular flexibility index (Phi) is 8.04. The number of hydrogen-bond acceptors (Lipinski definition) is 5. The number of sulfonamides is 1. The number of piperazine rings is 1. The Morgan fingerprint density at radius 3 is 2.33 bits per heavy atom. The summed E-state index contributed by atoms with van der Waals surface area (Å²) >= 11 is 0. The lowest BCUT2D eigenvalue weighted by Crippen LogP contribution is -2.50. The van der Waals surface area contributed by atoms with Gasteiger partial charge in [0.15, 0.2) is 0 Å². The summed E-state index contributed by atoms with van der Waals surface area (Å²) < 4.78 is 32.2. The Morgan fingerprint density at radius 2 is 1.70 bits per heavy atom. The fraction of sp³-hybridized carbons (Fsp3) is 0.391. The molecular weight excluding hydrogens is 400 g/mol. The highest BCUT2D eigenvalue weighted by Gasteiger charge is 2.26. The normalized spacial score (nSPS) is 17.3. The zero-order chi connectivity index (χ0) is 21.4. The van der Waals surface area contributed by atoms with Gasteiger partial charge in [-0.1, -0.05) is 49.4 Å². The van der Waals surface area contributed by atoms with E-state index in [-0.39, 0.29) is 6.61 Å². The van der Waals surface area contributed by atoms with Crippen LogP contribution in [0.25, 0.3) is 6.08 Å². The molecule has 162 valence electrons. The van der Waals surface area contributed by atoms with E-state index in [4.69, 9.17) is 4.74 Å². The average Bonchev–Trinajstić information content (AvgIpc) is 2.78. The highest BCUT2D eigenvalue weighted by molar-refractivity contribution is 7.92. The van der Waals surface area contributed by atoms with Crippen LogP contribution in [0, 0.1) is 0 Å². The van der Waals surface area contributed by atoms with Gasteiger partial charge in [-0.3, -0.25) is 4.90 Å². The molecule has 30 heavy (non-hydrogen) atoms. The maximum absolute atomic E-state index is 12.5. The smallest absolute Gasteiger partial charge is 0.236 e. The van der Waals surface area contributed by atoms with Crippen molar-refractivity contribution in [3.63, 3.8) is 0 Å². The Balaban J connectivity index is 1.42. The number of aryl methyl sites for hydroxylation is 1. The predicted molar refractivity (Wildman–Crippen MR) is 120 cm³/mol. The number of benzene rings is 2. The number of nitrogens with zero attached hydrogens (tertiary/aromatic N) is 2. The van der Waals surface area contributed by atoms with Crippen molar-refractivity contribution in [2.75, 3.05) is 39.3 Å². The van der Waals surface area contributed by atoms with E-state index in [2.05, 4.69) is 11.8 Å². The minimum Gasteiger partial charge on any atom is -0.491 e. The van der Waals surface area contributed by atoms with Crippen molar-refractivity contribution in [2.24, 2.45) is 0 Å². The molecule has 1 aliphatic rings. The van der Waals surface area contributed by atoms with Gasteiger partial charge in [0.05, 0.1) is 0 Å². The third-order valence-corrected chi connectivity index (χ3v) is 6.73. The summed E-state index contributed by atoms with van der Waals surface area (Å²) in [6, 6.07) is 17.3. The van der Waals surface area contributed by atoms with Gasteiger partial charge in [0, 0.05) is 38.1 Å². The Labute approximate surface area is 179 Å². The maximum atomic E-state index is 12.5. The van der Waals surface area contributed by atoms with Crippen LogP contribution in [0.15, 0.2) is 60.0 Å². The van der Waals surface area contributed by atoms with Gasteiger partial charge in [0.2, 0.25) is 10.0 Å². The average molecular weight is 431 g/mol. The number of aliphatic hydroxyl groups is 1. The molecular formula is C23H30N2O4S. The van der Waals surface area contributed by atoms with Gasteiger partial charge in [-0.2, -0.15) is 4.31 Å². The van der Waals surface area contributed by atoms with Crippen molar-refractivity contribution < 1.29 is 18.3 Å². The van der Waals surface area contributed by atoms with Crippen LogP contribution in [0.1, 0.15) is 18.1 Å². The highest BCUT2D eigenvalue weighted by Crippen LogP contribution is 2.14. The summed E-state index contributed by atoms with van der Waals surface area (Å²) in [7, 11) is -3.45. The van der Waals surface area contributed by atoms with Crippen molar-refractivity contribution in [3.8, 4) is 5.75 Å². The van der Waals surface area contributed by atoms with Crippen LogP contribution in [0.5, 0.6) is 5.75 Å².